The van der Waals surface area contributed by atoms with Gasteiger partial charge in [0.2, 0.25) is 0 Å². The van der Waals surface area contributed by atoms with Crippen LogP contribution in [0.3, 0.4) is 0 Å². The number of hydrogen-bond acceptors (Lipinski definition) is 6. The summed E-state index contributed by atoms with van der Waals surface area (Å²) in [6, 6.07) is 6.16. The van der Waals surface area contributed by atoms with Crippen LogP contribution in [0.5, 0.6) is 0 Å². The molecule has 0 aliphatic heterocycles. The number of halogens is 1. The number of benzene rings is 1. The SMILES string of the molecule is Cc1nc(Cc2ccc(F)cc2)sc1C(=O)Nc1ncc(C(N)=O)s1. The van der Waals surface area contributed by atoms with Gasteiger partial charge in [-0.05, 0) is 24.6 Å². The smallest absolute Gasteiger partial charge is 0.269 e. The Morgan fingerprint density at radius 3 is 2.60 bits per heavy atom. The number of amides is 2. The van der Waals surface area contributed by atoms with Gasteiger partial charge in [0.15, 0.2) is 5.13 Å². The molecule has 2 heterocycles. The van der Waals surface area contributed by atoms with Crippen LogP contribution in [-0.2, 0) is 6.42 Å². The molecule has 0 aliphatic carbocycles. The van der Waals surface area contributed by atoms with Crippen molar-refractivity contribution in [2.75, 3.05) is 5.32 Å². The minimum atomic E-state index is -0.589. The van der Waals surface area contributed by atoms with Crippen molar-refractivity contribution in [1.29, 1.82) is 0 Å². The third-order valence-electron chi connectivity index (χ3n) is 3.28. The van der Waals surface area contributed by atoms with Crippen molar-refractivity contribution in [3.05, 3.63) is 62.3 Å². The van der Waals surface area contributed by atoms with Gasteiger partial charge in [-0.1, -0.05) is 23.5 Å². The highest BCUT2D eigenvalue weighted by atomic mass is 32.1. The van der Waals surface area contributed by atoms with Crippen molar-refractivity contribution in [2.45, 2.75) is 13.3 Å². The first kappa shape index (κ1) is 17.2. The predicted molar refractivity (Wildman–Crippen MR) is 94.6 cm³/mol. The van der Waals surface area contributed by atoms with E-state index in [9.17, 15) is 14.0 Å². The Hall–Kier alpha value is -2.65. The molecule has 6 nitrogen and oxygen atoms in total. The molecule has 0 saturated heterocycles. The molecule has 25 heavy (non-hydrogen) atoms. The fourth-order valence-corrected chi connectivity index (χ4v) is 3.77. The largest absolute Gasteiger partial charge is 0.365 e. The molecule has 1 aromatic carbocycles. The van der Waals surface area contributed by atoms with E-state index >= 15 is 0 Å². The lowest BCUT2D eigenvalue weighted by atomic mass is 10.1. The van der Waals surface area contributed by atoms with E-state index in [0.29, 0.717) is 22.1 Å². The van der Waals surface area contributed by atoms with Crippen LogP contribution in [0.2, 0.25) is 0 Å². The van der Waals surface area contributed by atoms with Crippen LogP contribution < -0.4 is 11.1 Å². The first-order valence-electron chi connectivity index (χ1n) is 7.20. The van der Waals surface area contributed by atoms with Crippen LogP contribution in [0.1, 0.15) is 35.6 Å². The van der Waals surface area contributed by atoms with E-state index in [2.05, 4.69) is 15.3 Å². The molecule has 0 radical (unpaired) electrons. The van der Waals surface area contributed by atoms with Crippen LogP contribution in [0.4, 0.5) is 9.52 Å². The van der Waals surface area contributed by atoms with Crippen molar-refractivity contribution in [3.63, 3.8) is 0 Å². The predicted octanol–water partition coefficient (Wildman–Crippen LogP) is 2.99. The van der Waals surface area contributed by atoms with Crippen molar-refractivity contribution in [3.8, 4) is 0 Å². The Labute approximate surface area is 150 Å². The Balaban J connectivity index is 1.73. The van der Waals surface area contributed by atoms with Crippen molar-refractivity contribution < 1.29 is 14.0 Å². The number of hydrogen-bond donors (Lipinski definition) is 2. The van der Waals surface area contributed by atoms with Crippen LogP contribution in [0.25, 0.3) is 0 Å². The van der Waals surface area contributed by atoms with Crippen molar-refractivity contribution in [1.82, 2.24) is 9.97 Å². The van der Waals surface area contributed by atoms with Gasteiger partial charge in [-0.3, -0.25) is 14.9 Å². The van der Waals surface area contributed by atoms with E-state index in [1.54, 1.807) is 19.1 Å². The average Bonchev–Trinajstić information content (AvgIpc) is 3.16. The maximum absolute atomic E-state index is 13.0. The van der Waals surface area contributed by atoms with Gasteiger partial charge in [0.05, 0.1) is 16.9 Å². The number of nitrogens with two attached hydrogens (primary N) is 1. The Morgan fingerprint density at radius 1 is 1.24 bits per heavy atom. The van der Waals surface area contributed by atoms with Gasteiger partial charge in [-0.2, -0.15) is 0 Å². The zero-order valence-electron chi connectivity index (χ0n) is 13.1. The molecule has 0 aliphatic rings. The molecule has 2 aromatic heterocycles. The molecule has 0 unspecified atom stereocenters. The van der Waals surface area contributed by atoms with E-state index in [0.717, 1.165) is 21.9 Å². The lowest BCUT2D eigenvalue weighted by Crippen LogP contribution is -2.11. The Kier molecular flexibility index (Phi) is 4.86. The Bertz CT molecular complexity index is 934. The summed E-state index contributed by atoms with van der Waals surface area (Å²) in [5.41, 5.74) is 6.68. The number of aryl methyl sites for hydroxylation is 1. The zero-order valence-corrected chi connectivity index (χ0v) is 14.7. The molecule has 0 bridgehead atoms. The van der Waals surface area contributed by atoms with E-state index in [-0.39, 0.29) is 16.6 Å². The van der Waals surface area contributed by atoms with Gasteiger partial charge in [-0.25, -0.2) is 14.4 Å². The highest BCUT2D eigenvalue weighted by Crippen LogP contribution is 2.24. The molecule has 0 saturated carbocycles. The summed E-state index contributed by atoms with van der Waals surface area (Å²) in [7, 11) is 0. The first-order chi connectivity index (χ1) is 11.9. The summed E-state index contributed by atoms with van der Waals surface area (Å²) in [6.45, 7) is 1.75. The van der Waals surface area contributed by atoms with Crippen LogP contribution in [-0.4, -0.2) is 21.8 Å². The number of anilines is 1. The normalized spacial score (nSPS) is 10.6. The monoisotopic (exact) mass is 376 g/mol. The van der Waals surface area contributed by atoms with Crippen LogP contribution in [0, 0.1) is 12.7 Å². The number of nitrogens with zero attached hydrogens (tertiary/aromatic N) is 2. The zero-order chi connectivity index (χ0) is 18.0. The lowest BCUT2D eigenvalue weighted by Gasteiger charge is -1.99. The number of thiazole rings is 2. The highest BCUT2D eigenvalue weighted by molar-refractivity contribution is 7.18. The van der Waals surface area contributed by atoms with E-state index in [1.165, 1.54) is 29.7 Å². The summed E-state index contributed by atoms with van der Waals surface area (Å²) >= 11 is 2.28. The molecule has 2 amide bonds. The minimum Gasteiger partial charge on any atom is -0.365 e. The minimum absolute atomic E-state index is 0.272. The number of aromatic nitrogens is 2. The number of primary amides is 1. The molecule has 0 atom stereocenters. The van der Waals surface area contributed by atoms with Crippen LogP contribution in [0.15, 0.2) is 30.5 Å². The second kappa shape index (κ2) is 7.08. The van der Waals surface area contributed by atoms with Gasteiger partial charge in [-0.15, -0.1) is 11.3 Å². The summed E-state index contributed by atoms with van der Waals surface area (Å²) < 4.78 is 13.0. The molecular weight excluding hydrogens is 363 g/mol. The average molecular weight is 376 g/mol. The lowest BCUT2D eigenvalue weighted by molar-refractivity contribution is 0.100. The molecule has 3 rings (SSSR count). The van der Waals surface area contributed by atoms with Gasteiger partial charge >= 0.3 is 0 Å². The van der Waals surface area contributed by atoms with E-state index < -0.39 is 5.91 Å². The summed E-state index contributed by atoms with van der Waals surface area (Å²) in [4.78, 5) is 32.5. The third-order valence-corrected chi connectivity index (χ3v) is 5.37. The fourth-order valence-electron chi connectivity index (χ4n) is 2.12. The van der Waals surface area contributed by atoms with Gasteiger partial charge in [0.25, 0.3) is 11.8 Å². The topological polar surface area (TPSA) is 98.0 Å². The van der Waals surface area contributed by atoms with E-state index in [1.807, 2.05) is 0 Å². The number of carbonyl (C=O) groups excluding carboxylic acids is 2. The summed E-state index contributed by atoms with van der Waals surface area (Å²) in [5.74, 6) is -1.22. The Morgan fingerprint density at radius 2 is 1.96 bits per heavy atom. The molecule has 3 aromatic rings. The molecular formula is C16H13FN4O2S2. The second-order valence-electron chi connectivity index (χ2n) is 5.17. The number of carbonyl (C=O) groups is 2. The molecule has 0 spiro atoms. The third kappa shape index (κ3) is 4.06. The second-order valence-corrected chi connectivity index (χ2v) is 7.29. The quantitative estimate of drug-likeness (QED) is 0.715. The van der Waals surface area contributed by atoms with Crippen LogP contribution >= 0.6 is 22.7 Å². The number of rotatable bonds is 5. The van der Waals surface area contributed by atoms with Gasteiger partial charge in [0.1, 0.15) is 15.6 Å². The van der Waals surface area contributed by atoms with Gasteiger partial charge < -0.3 is 5.73 Å². The number of nitrogens with one attached hydrogen (secondary N) is 1. The van der Waals surface area contributed by atoms with E-state index in [4.69, 9.17) is 5.73 Å². The molecule has 0 fully saturated rings. The van der Waals surface area contributed by atoms with Crippen molar-refractivity contribution in [2.24, 2.45) is 5.73 Å². The first-order valence-corrected chi connectivity index (χ1v) is 8.83. The van der Waals surface area contributed by atoms with Crippen molar-refractivity contribution >= 4 is 39.6 Å². The maximum Gasteiger partial charge on any atom is 0.269 e. The highest BCUT2D eigenvalue weighted by Gasteiger charge is 2.17. The summed E-state index contributed by atoms with van der Waals surface area (Å²) in [6.07, 6.45) is 1.84. The van der Waals surface area contributed by atoms with Gasteiger partial charge in [0, 0.05) is 6.42 Å². The maximum atomic E-state index is 13.0. The molecule has 3 N–H and O–H groups in total. The fraction of sp³-hybridized carbons (Fsp3) is 0.125. The molecule has 9 heteroatoms. The summed E-state index contributed by atoms with van der Waals surface area (Å²) in [5, 5.41) is 3.69. The standard InChI is InChI=1S/C16H13FN4O2S2/c1-8-13(15(23)21-16-19-7-11(24-16)14(18)22)25-12(20-8)6-9-2-4-10(17)5-3-9/h2-5,7H,6H2,1H3,(H2,18,22)(H,19,21,23). The molecule has 128 valence electrons.